The van der Waals surface area contributed by atoms with Gasteiger partial charge in [0.15, 0.2) is 5.96 Å². The Kier molecular flexibility index (Phi) is 10.4. The zero-order valence-corrected chi connectivity index (χ0v) is 19.6. The molecule has 154 valence electrons. The highest BCUT2D eigenvalue weighted by molar-refractivity contribution is 14.0. The van der Waals surface area contributed by atoms with E-state index in [-0.39, 0.29) is 41.4 Å². The highest BCUT2D eigenvalue weighted by atomic mass is 127. The van der Waals surface area contributed by atoms with E-state index >= 15 is 0 Å². The highest BCUT2D eigenvalue weighted by Gasteiger charge is 2.34. The van der Waals surface area contributed by atoms with Crippen molar-refractivity contribution in [2.75, 3.05) is 39.5 Å². The van der Waals surface area contributed by atoms with Crippen LogP contribution in [0.3, 0.4) is 0 Å². The summed E-state index contributed by atoms with van der Waals surface area (Å²) in [4.78, 5) is 4.79. The third-order valence-electron chi connectivity index (χ3n) is 5.06. The molecule has 1 saturated heterocycles. The number of hydrogen-bond acceptors (Lipinski definition) is 3. The number of benzene rings is 1. The molecule has 1 aromatic rings. The maximum Gasteiger partial charge on any atom is 0.191 e. The van der Waals surface area contributed by atoms with Gasteiger partial charge in [-0.1, -0.05) is 37.6 Å². The average molecular weight is 510 g/mol. The molecule has 0 amide bonds. The molecule has 27 heavy (non-hydrogen) atoms. The molecule has 2 rings (SSSR count). The molecule has 0 spiro atoms. The molecule has 0 aromatic heterocycles. The van der Waals surface area contributed by atoms with Crippen LogP contribution in [0.15, 0.2) is 29.3 Å². The van der Waals surface area contributed by atoms with Crippen molar-refractivity contribution in [1.82, 2.24) is 10.6 Å². The molecular formula is C20H33ClIN3O2. The first-order valence-electron chi connectivity index (χ1n) is 9.38. The van der Waals surface area contributed by atoms with Crippen molar-refractivity contribution in [3.63, 3.8) is 0 Å². The lowest BCUT2D eigenvalue weighted by Gasteiger charge is -2.28. The number of guanidine groups is 1. The molecule has 0 bridgehead atoms. The smallest absolute Gasteiger partial charge is 0.191 e. The van der Waals surface area contributed by atoms with Gasteiger partial charge in [-0.3, -0.25) is 4.99 Å². The van der Waals surface area contributed by atoms with Crippen LogP contribution in [0, 0.1) is 5.41 Å². The maximum atomic E-state index is 9.38. The third kappa shape index (κ3) is 7.40. The van der Waals surface area contributed by atoms with E-state index in [9.17, 15) is 5.11 Å². The molecule has 1 aliphatic rings. The summed E-state index contributed by atoms with van der Waals surface area (Å²) < 4.78 is 5.56. The van der Waals surface area contributed by atoms with Crippen LogP contribution in [0.25, 0.3) is 0 Å². The fraction of sp³-hybridized carbons (Fsp3) is 0.650. The summed E-state index contributed by atoms with van der Waals surface area (Å²) in [6.45, 7) is 10.3. The number of aliphatic hydroxyl groups excluding tert-OH is 1. The Morgan fingerprint density at radius 2 is 2.00 bits per heavy atom. The lowest BCUT2D eigenvalue weighted by atomic mass is 9.84. The molecule has 0 radical (unpaired) electrons. The van der Waals surface area contributed by atoms with Crippen molar-refractivity contribution in [2.24, 2.45) is 10.4 Å². The number of ether oxygens (including phenoxy) is 1. The predicted octanol–water partition coefficient (Wildman–Crippen LogP) is 3.58. The molecule has 1 atom stereocenters. The molecule has 5 nitrogen and oxygen atoms in total. The Morgan fingerprint density at radius 1 is 1.30 bits per heavy atom. The monoisotopic (exact) mass is 509 g/mol. The van der Waals surface area contributed by atoms with Crippen LogP contribution in [-0.2, 0) is 10.2 Å². The predicted molar refractivity (Wildman–Crippen MR) is 123 cm³/mol. The van der Waals surface area contributed by atoms with Crippen LogP contribution in [0.5, 0.6) is 0 Å². The number of rotatable bonds is 8. The molecule has 1 fully saturated rings. The molecule has 1 heterocycles. The first-order valence-corrected chi connectivity index (χ1v) is 9.75. The van der Waals surface area contributed by atoms with Crippen LogP contribution in [-0.4, -0.2) is 50.5 Å². The van der Waals surface area contributed by atoms with Gasteiger partial charge in [0.05, 0.1) is 13.2 Å². The number of nitrogens with zero attached hydrogens (tertiary/aromatic N) is 1. The maximum absolute atomic E-state index is 9.38. The lowest BCUT2D eigenvalue weighted by molar-refractivity contribution is 0.127. The van der Waals surface area contributed by atoms with Crippen molar-refractivity contribution in [3.05, 3.63) is 34.9 Å². The van der Waals surface area contributed by atoms with Crippen molar-refractivity contribution in [2.45, 2.75) is 39.0 Å². The van der Waals surface area contributed by atoms with Gasteiger partial charge in [-0.2, -0.15) is 0 Å². The van der Waals surface area contributed by atoms with E-state index < -0.39 is 0 Å². The second-order valence-electron chi connectivity index (χ2n) is 7.72. The fourth-order valence-corrected chi connectivity index (χ4v) is 3.32. The zero-order chi connectivity index (χ0) is 19.0. The van der Waals surface area contributed by atoms with E-state index in [1.54, 1.807) is 0 Å². The van der Waals surface area contributed by atoms with Crippen molar-refractivity contribution >= 4 is 41.5 Å². The van der Waals surface area contributed by atoms with E-state index in [0.29, 0.717) is 13.2 Å². The van der Waals surface area contributed by atoms with Crippen LogP contribution < -0.4 is 10.6 Å². The van der Waals surface area contributed by atoms with E-state index in [1.807, 2.05) is 12.1 Å². The van der Waals surface area contributed by atoms with Gasteiger partial charge in [0.1, 0.15) is 0 Å². The van der Waals surface area contributed by atoms with Crippen molar-refractivity contribution in [1.29, 1.82) is 0 Å². The van der Waals surface area contributed by atoms with Gasteiger partial charge in [-0.15, -0.1) is 24.0 Å². The van der Waals surface area contributed by atoms with Gasteiger partial charge in [0.25, 0.3) is 0 Å². The molecule has 3 N–H and O–H groups in total. The van der Waals surface area contributed by atoms with Crippen LogP contribution in [0.4, 0.5) is 0 Å². The SMILES string of the molecule is CCNC(=NCC(C)(C)c1ccc(Cl)cc1)NCC1(CCO)CCOC1.I. The van der Waals surface area contributed by atoms with E-state index in [1.165, 1.54) is 5.56 Å². The molecule has 0 aliphatic carbocycles. The molecule has 1 unspecified atom stereocenters. The van der Waals surface area contributed by atoms with Gasteiger partial charge >= 0.3 is 0 Å². The minimum Gasteiger partial charge on any atom is -0.396 e. The van der Waals surface area contributed by atoms with Gasteiger partial charge in [-0.25, -0.2) is 0 Å². The second-order valence-corrected chi connectivity index (χ2v) is 8.15. The van der Waals surface area contributed by atoms with Crippen LogP contribution >= 0.6 is 35.6 Å². The third-order valence-corrected chi connectivity index (χ3v) is 5.31. The Labute approximate surface area is 185 Å². The Bertz CT molecular complexity index is 587. The van der Waals surface area contributed by atoms with Gasteiger partial charge in [0.2, 0.25) is 0 Å². The minimum absolute atomic E-state index is 0. The summed E-state index contributed by atoms with van der Waals surface area (Å²) in [6, 6.07) is 7.96. The number of aliphatic hydroxyl groups is 1. The fourth-order valence-electron chi connectivity index (χ4n) is 3.19. The minimum atomic E-state index is -0.0911. The molecule has 1 aliphatic heterocycles. The Hall–Kier alpha value is -0.570. The lowest BCUT2D eigenvalue weighted by Crippen LogP contribution is -2.45. The number of halogens is 2. The highest BCUT2D eigenvalue weighted by Crippen LogP contribution is 2.31. The van der Waals surface area contributed by atoms with Gasteiger partial charge in [-0.05, 0) is 37.5 Å². The van der Waals surface area contributed by atoms with E-state index in [2.05, 4.69) is 43.5 Å². The summed E-state index contributed by atoms with van der Waals surface area (Å²) in [6.07, 6.45) is 1.71. The number of aliphatic imine (C=N–C) groups is 1. The van der Waals surface area contributed by atoms with Gasteiger partial charge < -0.3 is 20.5 Å². The zero-order valence-electron chi connectivity index (χ0n) is 16.6. The standard InChI is InChI=1S/C20H32ClN3O2.HI/c1-4-22-18(24-14-20(9-11-25)10-12-26-15-20)23-13-19(2,3)16-5-7-17(21)8-6-16;/h5-8,25H,4,9-15H2,1-3H3,(H2,22,23,24);1H. The average Bonchev–Trinajstić information content (AvgIpc) is 3.07. The Morgan fingerprint density at radius 3 is 2.56 bits per heavy atom. The summed E-state index contributed by atoms with van der Waals surface area (Å²) in [5.41, 5.74) is 1.12. The summed E-state index contributed by atoms with van der Waals surface area (Å²) in [5.74, 6) is 0.804. The molecular weight excluding hydrogens is 477 g/mol. The summed E-state index contributed by atoms with van der Waals surface area (Å²) in [5, 5.41) is 16.9. The van der Waals surface area contributed by atoms with Crippen molar-refractivity contribution in [3.8, 4) is 0 Å². The van der Waals surface area contributed by atoms with Gasteiger partial charge in [0, 0.05) is 42.2 Å². The summed E-state index contributed by atoms with van der Waals surface area (Å²) in [7, 11) is 0. The largest absolute Gasteiger partial charge is 0.396 e. The molecule has 1 aromatic carbocycles. The first-order chi connectivity index (χ1) is 12.4. The van der Waals surface area contributed by atoms with E-state index in [4.69, 9.17) is 21.3 Å². The number of nitrogens with one attached hydrogen (secondary N) is 2. The van der Waals surface area contributed by atoms with Crippen LogP contribution in [0.2, 0.25) is 5.02 Å². The molecule has 7 heteroatoms. The normalized spacial score (nSPS) is 20.3. The number of hydrogen-bond donors (Lipinski definition) is 3. The summed E-state index contributed by atoms with van der Waals surface area (Å²) >= 11 is 6.00. The Balaban J connectivity index is 0.00000364. The van der Waals surface area contributed by atoms with Crippen LogP contribution in [0.1, 0.15) is 39.2 Å². The van der Waals surface area contributed by atoms with E-state index in [0.717, 1.165) is 43.5 Å². The first kappa shape index (κ1) is 24.5. The quantitative estimate of drug-likeness (QED) is 0.285. The second kappa shape index (κ2) is 11.4. The molecule has 0 saturated carbocycles. The topological polar surface area (TPSA) is 65.9 Å². The van der Waals surface area contributed by atoms with Crippen molar-refractivity contribution < 1.29 is 9.84 Å².